The van der Waals surface area contributed by atoms with Crippen molar-refractivity contribution < 1.29 is 22.7 Å². The SMILES string of the molecule is C[C@H](NC(=O)Cn1nnc2ccc(S)cc2c1=O)c1ccc(OC(F)(F)F)cc1. The zero-order valence-electron chi connectivity index (χ0n) is 15.0. The highest BCUT2D eigenvalue weighted by molar-refractivity contribution is 7.80. The molecule has 0 bridgehead atoms. The monoisotopic (exact) mass is 424 g/mol. The van der Waals surface area contributed by atoms with Crippen LogP contribution in [-0.4, -0.2) is 27.3 Å². The molecule has 11 heteroatoms. The van der Waals surface area contributed by atoms with Gasteiger partial charge in [0.05, 0.1) is 11.4 Å². The molecule has 3 aromatic rings. The van der Waals surface area contributed by atoms with Gasteiger partial charge in [-0.05, 0) is 42.8 Å². The second kappa shape index (κ2) is 8.11. The summed E-state index contributed by atoms with van der Waals surface area (Å²) in [6, 6.07) is 9.41. The minimum absolute atomic E-state index is 0.286. The number of hydrogen-bond acceptors (Lipinski definition) is 6. The molecule has 0 aliphatic rings. The van der Waals surface area contributed by atoms with Crippen LogP contribution in [0.1, 0.15) is 18.5 Å². The number of nitrogens with zero attached hydrogens (tertiary/aromatic N) is 3. The molecule has 0 saturated carbocycles. The number of aromatic nitrogens is 3. The van der Waals surface area contributed by atoms with Crippen molar-refractivity contribution in [1.82, 2.24) is 20.3 Å². The third-order valence-corrected chi connectivity index (χ3v) is 4.27. The maximum atomic E-state index is 12.5. The van der Waals surface area contributed by atoms with E-state index in [0.29, 0.717) is 16.0 Å². The Morgan fingerprint density at radius 1 is 1.24 bits per heavy atom. The van der Waals surface area contributed by atoms with Crippen LogP contribution >= 0.6 is 12.6 Å². The lowest BCUT2D eigenvalue weighted by atomic mass is 10.1. The second-order valence-electron chi connectivity index (χ2n) is 6.16. The maximum absolute atomic E-state index is 12.5. The fourth-order valence-corrected chi connectivity index (χ4v) is 2.84. The molecule has 1 atom stereocenters. The molecule has 0 unspecified atom stereocenters. The summed E-state index contributed by atoms with van der Waals surface area (Å²) >= 11 is 4.18. The fraction of sp³-hybridized carbons (Fsp3) is 0.222. The summed E-state index contributed by atoms with van der Waals surface area (Å²) in [5.74, 6) is -0.868. The van der Waals surface area contributed by atoms with Gasteiger partial charge in [-0.3, -0.25) is 9.59 Å². The molecule has 0 aliphatic carbocycles. The standard InChI is InChI=1S/C18H15F3N4O3S/c1-10(11-2-4-12(5-3-11)28-18(19,20)21)22-16(26)9-25-17(27)14-8-13(29)6-7-15(14)23-24-25/h2-8,10,29H,9H2,1H3,(H,22,26)/t10-/m0/s1. The smallest absolute Gasteiger partial charge is 0.406 e. The van der Waals surface area contributed by atoms with Crippen molar-refractivity contribution in [2.24, 2.45) is 0 Å². The van der Waals surface area contributed by atoms with Crippen molar-refractivity contribution in [2.45, 2.75) is 30.8 Å². The molecule has 1 aromatic heterocycles. The average Bonchev–Trinajstić information content (AvgIpc) is 2.63. The molecule has 0 saturated heterocycles. The first-order valence-corrected chi connectivity index (χ1v) is 8.79. The highest BCUT2D eigenvalue weighted by Crippen LogP contribution is 2.24. The van der Waals surface area contributed by atoms with Crippen LogP contribution in [0.4, 0.5) is 13.2 Å². The quantitative estimate of drug-likeness (QED) is 0.616. The van der Waals surface area contributed by atoms with E-state index in [-0.39, 0.29) is 17.7 Å². The van der Waals surface area contributed by atoms with Crippen LogP contribution in [0, 0.1) is 0 Å². The average molecular weight is 424 g/mol. The summed E-state index contributed by atoms with van der Waals surface area (Å²) in [5.41, 5.74) is 0.464. The number of thiol groups is 1. The van der Waals surface area contributed by atoms with Gasteiger partial charge in [0.2, 0.25) is 5.91 Å². The number of halogens is 3. The number of carbonyl (C=O) groups excluding carboxylic acids is 1. The first-order valence-electron chi connectivity index (χ1n) is 8.34. The number of carbonyl (C=O) groups is 1. The molecule has 1 amide bonds. The predicted molar refractivity (Wildman–Crippen MR) is 101 cm³/mol. The highest BCUT2D eigenvalue weighted by atomic mass is 32.1. The van der Waals surface area contributed by atoms with Crippen LogP contribution < -0.4 is 15.6 Å². The molecule has 2 aromatic carbocycles. The van der Waals surface area contributed by atoms with E-state index < -0.39 is 23.9 Å². The molecule has 1 heterocycles. The number of fused-ring (bicyclic) bond motifs is 1. The van der Waals surface area contributed by atoms with Gasteiger partial charge in [-0.25, -0.2) is 4.68 Å². The first-order chi connectivity index (χ1) is 13.6. The van der Waals surface area contributed by atoms with Gasteiger partial charge in [0, 0.05) is 4.90 Å². The van der Waals surface area contributed by atoms with E-state index in [9.17, 15) is 22.8 Å². The first kappa shape index (κ1) is 20.6. The van der Waals surface area contributed by atoms with Crippen LogP contribution in [0.25, 0.3) is 10.9 Å². The third-order valence-electron chi connectivity index (χ3n) is 3.99. The Balaban J connectivity index is 1.68. The van der Waals surface area contributed by atoms with Gasteiger partial charge >= 0.3 is 6.36 Å². The van der Waals surface area contributed by atoms with Crippen molar-refractivity contribution in [3.05, 3.63) is 58.4 Å². The van der Waals surface area contributed by atoms with E-state index in [0.717, 1.165) is 16.8 Å². The normalized spacial score (nSPS) is 12.6. The summed E-state index contributed by atoms with van der Waals surface area (Å²) in [5, 5.41) is 10.6. The van der Waals surface area contributed by atoms with Crippen molar-refractivity contribution in [3.8, 4) is 5.75 Å². The van der Waals surface area contributed by atoms with Crippen molar-refractivity contribution in [3.63, 3.8) is 0 Å². The lowest BCUT2D eigenvalue weighted by Gasteiger charge is -2.15. The molecule has 0 aliphatic heterocycles. The Kier molecular flexibility index (Phi) is 5.78. The minimum atomic E-state index is -4.77. The summed E-state index contributed by atoms with van der Waals surface area (Å²) in [7, 11) is 0. The third kappa shape index (κ3) is 5.25. The van der Waals surface area contributed by atoms with Crippen molar-refractivity contribution in [1.29, 1.82) is 0 Å². The van der Waals surface area contributed by atoms with Crippen molar-refractivity contribution in [2.75, 3.05) is 0 Å². The molecule has 1 N–H and O–H groups in total. The van der Waals surface area contributed by atoms with Gasteiger partial charge < -0.3 is 10.1 Å². The molecule has 152 valence electrons. The van der Waals surface area contributed by atoms with Gasteiger partial charge in [-0.2, -0.15) is 0 Å². The Bertz CT molecular complexity index is 1100. The number of hydrogen-bond donors (Lipinski definition) is 2. The largest absolute Gasteiger partial charge is 0.573 e. The van der Waals surface area contributed by atoms with Gasteiger partial charge in [0.15, 0.2) is 0 Å². The van der Waals surface area contributed by atoms with E-state index in [4.69, 9.17) is 0 Å². The van der Waals surface area contributed by atoms with Crippen LogP contribution in [0.5, 0.6) is 5.75 Å². The molecule has 7 nitrogen and oxygen atoms in total. The summed E-state index contributed by atoms with van der Waals surface area (Å²) in [6.45, 7) is 1.29. The molecule has 29 heavy (non-hydrogen) atoms. The van der Waals surface area contributed by atoms with Crippen LogP contribution in [0.15, 0.2) is 52.2 Å². The van der Waals surface area contributed by atoms with Crippen LogP contribution in [-0.2, 0) is 11.3 Å². The molecule has 3 rings (SSSR count). The van der Waals surface area contributed by atoms with Gasteiger partial charge in [0.1, 0.15) is 17.8 Å². The molecular formula is C18H15F3N4O3S. The van der Waals surface area contributed by atoms with Gasteiger partial charge in [0.25, 0.3) is 5.56 Å². The number of alkyl halides is 3. The van der Waals surface area contributed by atoms with Crippen molar-refractivity contribution >= 4 is 29.4 Å². The fourth-order valence-electron chi connectivity index (χ4n) is 2.63. The Morgan fingerprint density at radius 3 is 2.59 bits per heavy atom. The highest BCUT2D eigenvalue weighted by Gasteiger charge is 2.31. The van der Waals surface area contributed by atoms with E-state index >= 15 is 0 Å². The van der Waals surface area contributed by atoms with E-state index in [2.05, 4.69) is 33.0 Å². The Morgan fingerprint density at radius 2 is 1.93 bits per heavy atom. The minimum Gasteiger partial charge on any atom is -0.406 e. The predicted octanol–water partition coefficient (Wildman–Crippen LogP) is 2.86. The Hall–Kier alpha value is -3.08. The van der Waals surface area contributed by atoms with Gasteiger partial charge in [-0.1, -0.05) is 17.3 Å². The topological polar surface area (TPSA) is 86.1 Å². The van der Waals surface area contributed by atoms with Crippen LogP contribution in [0.3, 0.4) is 0 Å². The zero-order chi connectivity index (χ0) is 21.2. The van der Waals surface area contributed by atoms with E-state index in [1.807, 2.05) is 0 Å². The van der Waals surface area contributed by atoms with E-state index in [1.165, 1.54) is 18.2 Å². The number of nitrogens with one attached hydrogen (secondary N) is 1. The number of amides is 1. The molecular weight excluding hydrogens is 409 g/mol. The number of ether oxygens (including phenoxy) is 1. The molecule has 0 radical (unpaired) electrons. The molecule has 0 spiro atoms. The summed E-state index contributed by atoms with van der Waals surface area (Å²) in [6.07, 6.45) is -4.77. The number of benzene rings is 2. The number of rotatable bonds is 5. The van der Waals surface area contributed by atoms with Gasteiger partial charge in [-0.15, -0.1) is 30.9 Å². The summed E-state index contributed by atoms with van der Waals surface area (Å²) < 4.78 is 41.4. The molecule has 0 fully saturated rings. The zero-order valence-corrected chi connectivity index (χ0v) is 15.9. The Labute approximate surface area is 167 Å². The maximum Gasteiger partial charge on any atom is 0.573 e. The second-order valence-corrected chi connectivity index (χ2v) is 6.68. The lowest BCUT2D eigenvalue weighted by Crippen LogP contribution is -2.35. The lowest BCUT2D eigenvalue weighted by molar-refractivity contribution is -0.274. The van der Waals surface area contributed by atoms with Crippen LogP contribution in [0.2, 0.25) is 0 Å². The summed E-state index contributed by atoms with van der Waals surface area (Å²) in [4.78, 5) is 25.3. The van der Waals surface area contributed by atoms with E-state index in [1.54, 1.807) is 19.1 Å².